The molecule has 72 valence electrons. The lowest BCUT2D eigenvalue weighted by Gasteiger charge is -2.33. The minimum absolute atomic E-state index is 0.129. The van der Waals surface area contributed by atoms with Crippen molar-refractivity contribution in [1.29, 1.82) is 0 Å². The van der Waals surface area contributed by atoms with E-state index in [1.165, 1.54) is 0 Å². The van der Waals surface area contributed by atoms with Gasteiger partial charge in [0.15, 0.2) is 0 Å². The summed E-state index contributed by atoms with van der Waals surface area (Å²) in [6, 6.07) is -1.00. The molecule has 2 heterocycles. The zero-order valence-corrected chi connectivity index (χ0v) is 7.19. The average molecular weight is 184 g/mol. The van der Waals surface area contributed by atoms with Gasteiger partial charge in [0.25, 0.3) is 0 Å². The van der Waals surface area contributed by atoms with Crippen LogP contribution in [0, 0.1) is 0 Å². The molecule has 2 amide bonds. The molecule has 5 heteroatoms. The van der Waals surface area contributed by atoms with Gasteiger partial charge >= 0.3 is 0 Å². The summed E-state index contributed by atoms with van der Waals surface area (Å²) in [5, 5.41) is 11.3. The Morgan fingerprint density at radius 3 is 3.00 bits per heavy atom. The third-order valence-corrected chi connectivity index (χ3v) is 2.64. The largest absolute Gasteiger partial charge is 0.394 e. The number of rotatable bonds is 1. The second-order valence-corrected chi connectivity index (χ2v) is 3.43. The number of aliphatic hydroxyl groups excluding tert-OH is 1. The second kappa shape index (κ2) is 2.99. The molecular formula is C8H12N2O3. The molecule has 5 nitrogen and oxygen atoms in total. The van der Waals surface area contributed by atoms with Crippen molar-refractivity contribution in [2.24, 2.45) is 0 Å². The van der Waals surface area contributed by atoms with Crippen LogP contribution in [-0.4, -0.2) is 47.1 Å². The van der Waals surface area contributed by atoms with Crippen LogP contribution in [0.3, 0.4) is 0 Å². The van der Waals surface area contributed by atoms with Gasteiger partial charge in [-0.15, -0.1) is 0 Å². The van der Waals surface area contributed by atoms with Crippen molar-refractivity contribution in [3.05, 3.63) is 0 Å². The van der Waals surface area contributed by atoms with E-state index in [0.717, 1.165) is 12.8 Å². The number of aliphatic hydroxyl groups is 1. The summed E-state index contributed by atoms with van der Waals surface area (Å²) < 4.78 is 0. The number of fused-ring (bicyclic) bond motifs is 1. The number of amides is 2. The maximum absolute atomic E-state index is 11.5. The number of nitrogens with one attached hydrogen (secondary N) is 1. The molecule has 0 aliphatic carbocycles. The topological polar surface area (TPSA) is 69.6 Å². The molecule has 2 aliphatic heterocycles. The van der Waals surface area contributed by atoms with Crippen LogP contribution in [0.25, 0.3) is 0 Å². The fourth-order valence-corrected chi connectivity index (χ4v) is 1.96. The number of carbonyl (C=O) groups excluding carboxylic acids is 2. The lowest BCUT2D eigenvalue weighted by Crippen LogP contribution is -2.62. The zero-order valence-electron chi connectivity index (χ0n) is 7.19. The SMILES string of the molecule is O=C1N[C@@H](CO)C(=O)N2CCC[C@H]12. The molecule has 13 heavy (non-hydrogen) atoms. The van der Waals surface area contributed by atoms with E-state index in [4.69, 9.17) is 5.11 Å². The summed E-state index contributed by atoms with van der Waals surface area (Å²) in [6.07, 6.45) is 1.62. The molecule has 0 aromatic heterocycles. The Morgan fingerprint density at radius 2 is 2.31 bits per heavy atom. The summed E-state index contributed by atoms with van der Waals surface area (Å²) in [4.78, 5) is 24.5. The zero-order chi connectivity index (χ0) is 9.42. The normalized spacial score (nSPS) is 33.2. The summed E-state index contributed by atoms with van der Waals surface area (Å²) in [5.41, 5.74) is 0. The Morgan fingerprint density at radius 1 is 1.54 bits per heavy atom. The Bertz CT molecular complexity index is 254. The van der Waals surface area contributed by atoms with Gasteiger partial charge in [0.1, 0.15) is 12.1 Å². The number of nitrogens with zero attached hydrogens (tertiary/aromatic N) is 1. The van der Waals surface area contributed by atoms with Gasteiger partial charge in [-0.25, -0.2) is 0 Å². The molecule has 0 bridgehead atoms. The molecule has 2 saturated heterocycles. The first-order valence-electron chi connectivity index (χ1n) is 4.46. The van der Waals surface area contributed by atoms with Crippen molar-refractivity contribution < 1.29 is 14.7 Å². The van der Waals surface area contributed by atoms with Crippen molar-refractivity contribution in [3.8, 4) is 0 Å². The molecule has 0 unspecified atom stereocenters. The van der Waals surface area contributed by atoms with Crippen molar-refractivity contribution in [2.75, 3.05) is 13.2 Å². The van der Waals surface area contributed by atoms with Gasteiger partial charge in [0, 0.05) is 6.54 Å². The van der Waals surface area contributed by atoms with Crippen LogP contribution in [0.15, 0.2) is 0 Å². The monoisotopic (exact) mass is 184 g/mol. The Kier molecular flexibility index (Phi) is 1.95. The van der Waals surface area contributed by atoms with Gasteiger partial charge in [-0.05, 0) is 12.8 Å². The highest BCUT2D eigenvalue weighted by molar-refractivity contribution is 5.97. The summed E-state index contributed by atoms with van der Waals surface area (Å²) >= 11 is 0. The standard InChI is InChI=1S/C8H12N2O3/c11-4-5-8(13)10-3-1-2-6(10)7(12)9-5/h5-6,11H,1-4H2,(H,9,12)/t5-,6+/m0/s1. The maximum Gasteiger partial charge on any atom is 0.248 e. The van der Waals surface area contributed by atoms with Crippen molar-refractivity contribution in [3.63, 3.8) is 0 Å². The van der Waals surface area contributed by atoms with Crippen molar-refractivity contribution >= 4 is 11.8 Å². The van der Waals surface area contributed by atoms with E-state index < -0.39 is 6.04 Å². The second-order valence-electron chi connectivity index (χ2n) is 3.43. The van der Waals surface area contributed by atoms with Crippen LogP contribution >= 0.6 is 0 Å². The highest BCUT2D eigenvalue weighted by Crippen LogP contribution is 2.21. The van der Waals surface area contributed by atoms with Crippen LogP contribution < -0.4 is 5.32 Å². The van der Waals surface area contributed by atoms with Crippen LogP contribution in [0.5, 0.6) is 0 Å². The smallest absolute Gasteiger partial charge is 0.248 e. The molecule has 2 N–H and O–H groups in total. The Balaban J connectivity index is 2.19. The van der Waals surface area contributed by atoms with Crippen molar-refractivity contribution in [2.45, 2.75) is 24.9 Å². The summed E-state index contributed by atoms with van der Waals surface area (Å²) in [7, 11) is 0. The van der Waals surface area contributed by atoms with Crippen molar-refractivity contribution in [1.82, 2.24) is 10.2 Å². The molecule has 2 rings (SSSR count). The number of piperazine rings is 1. The van der Waals surface area contributed by atoms with Gasteiger partial charge in [-0.3, -0.25) is 9.59 Å². The Hall–Kier alpha value is -1.10. The van der Waals surface area contributed by atoms with Crippen LogP contribution in [0.1, 0.15) is 12.8 Å². The lowest BCUT2D eigenvalue weighted by atomic mass is 10.1. The van der Waals surface area contributed by atoms with Gasteiger partial charge in [-0.2, -0.15) is 0 Å². The predicted molar refractivity (Wildman–Crippen MR) is 43.8 cm³/mol. The van der Waals surface area contributed by atoms with Crippen LogP contribution in [-0.2, 0) is 9.59 Å². The van der Waals surface area contributed by atoms with E-state index in [-0.39, 0.29) is 24.5 Å². The van der Waals surface area contributed by atoms with Gasteiger partial charge in [-0.1, -0.05) is 0 Å². The van der Waals surface area contributed by atoms with Crippen LogP contribution in [0.4, 0.5) is 0 Å². The average Bonchev–Trinajstić information content (AvgIpc) is 2.60. The third kappa shape index (κ3) is 1.19. The molecule has 2 atom stereocenters. The van der Waals surface area contributed by atoms with E-state index in [1.807, 2.05) is 0 Å². The molecule has 0 saturated carbocycles. The minimum Gasteiger partial charge on any atom is -0.394 e. The third-order valence-electron chi connectivity index (χ3n) is 2.64. The quantitative estimate of drug-likeness (QED) is 0.519. The fourth-order valence-electron chi connectivity index (χ4n) is 1.96. The fraction of sp³-hybridized carbons (Fsp3) is 0.750. The minimum atomic E-state index is -0.721. The first-order valence-corrected chi connectivity index (χ1v) is 4.46. The first-order chi connectivity index (χ1) is 6.24. The molecular weight excluding hydrogens is 172 g/mol. The Labute approximate surface area is 75.7 Å². The number of carbonyl (C=O) groups is 2. The maximum atomic E-state index is 11.5. The summed E-state index contributed by atoms with van der Waals surface area (Å²) in [6.45, 7) is 0.335. The molecule has 0 radical (unpaired) electrons. The first kappa shape index (κ1) is 8.50. The summed E-state index contributed by atoms with van der Waals surface area (Å²) in [5.74, 6) is -0.277. The van der Waals surface area contributed by atoms with Crippen LogP contribution in [0.2, 0.25) is 0 Å². The molecule has 0 spiro atoms. The highest BCUT2D eigenvalue weighted by Gasteiger charge is 2.42. The van der Waals surface area contributed by atoms with E-state index >= 15 is 0 Å². The van der Waals surface area contributed by atoms with E-state index in [0.29, 0.717) is 6.54 Å². The molecule has 0 aromatic rings. The predicted octanol–water partition coefficient (Wildman–Crippen LogP) is -1.53. The molecule has 2 aliphatic rings. The molecule has 0 aromatic carbocycles. The number of hydrogen-bond donors (Lipinski definition) is 2. The van der Waals surface area contributed by atoms with Gasteiger partial charge in [0.2, 0.25) is 11.8 Å². The van der Waals surface area contributed by atoms with Gasteiger partial charge in [0.05, 0.1) is 6.61 Å². The van der Waals surface area contributed by atoms with E-state index in [9.17, 15) is 9.59 Å². The van der Waals surface area contributed by atoms with E-state index in [1.54, 1.807) is 4.90 Å². The van der Waals surface area contributed by atoms with Gasteiger partial charge < -0.3 is 15.3 Å². The number of hydrogen-bond acceptors (Lipinski definition) is 3. The highest BCUT2D eigenvalue weighted by atomic mass is 16.3. The lowest BCUT2D eigenvalue weighted by molar-refractivity contribution is -0.148. The van der Waals surface area contributed by atoms with E-state index in [2.05, 4.69) is 5.32 Å². The molecule has 2 fully saturated rings.